The van der Waals surface area contributed by atoms with Gasteiger partial charge in [0.05, 0.1) is 12.4 Å². The average Bonchev–Trinajstić information content (AvgIpc) is 3.37. The first-order valence-electron chi connectivity index (χ1n) is 10.8. The molecule has 3 aromatic heterocycles. The fourth-order valence-corrected chi connectivity index (χ4v) is 4.90. The second-order valence-corrected chi connectivity index (χ2v) is 8.64. The molecule has 0 amide bonds. The van der Waals surface area contributed by atoms with E-state index in [1.807, 2.05) is 4.90 Å². The highest BCUT2D eigenvalue weighted by Gasteiger charge is 2.39. The molecule has 0 radical (unpaired) electrons. The van der Waals surface area contributed by atoms with Gasteiger partial charge < -0.3 is 10.2 Å². The van der Waals surface area contributed by atoms with Gasteiger partial charge in [0.1, 0.15) is 29.4 Å². The van der Waals surface area contributed by atoms with Crippen molar-refractivity contribution in [1.82, 2.24) is 24.7 Å². The van der Waals surface area contributed by atoms with Gasteiger partial charge in [-0.2, -0.15) is 18.3 Å². The zero-order chi connectivity index (χ0) is 23.2. The van der Waals surface area contributed by atoms with Gasteiger partial charge in [0.25, 0.3) is 6.43 Å². The maximum absolute atomic E-state index is 13.0. The molecule has 1 aliphatic carbocycles. The van der Waals surface area contributed by atoms with E-state index in [9.17, 15) is 22.0 Å². The summed E-state index contributed by atoms with van der Waals surface area (Å²) in [5, 5.41) is 7.28. The Hall–Kier alpha value is -3.05. The minimum Gasteiger partial charge on any atom is -0.366 e. The Morgan fingerprint density at radius 1 is 1.06 bits per heavy atom. The number of fused-ring (bicyclic) bond motifs is 2. The van der Waals surface area contributed by atoms with Crippen LogP contribution in [0, 0.1) is 11.8 Å². The molecule has 3 aromatic rings. The number of halogens is 5. The third kappa shape index (κ3) is 4.55. The van der Waals surface area contributed by atoms with Crippen LogP contribution in [0.4, 0.5) is 33.6 Å². The maximum atomic E-state index is 13.0. The third-order valence-corrected chi connectivity index (χ3v) is 6.41. The number of rotatable bonds is 5. The summed E-state index contributed by atoms with van der Waals surface area (Å²) >= 11 is 0. The number of aromatic nitrogens is 5. The Morgan fingerprint density at radius 3 is 2.67 bits per heavy atom. The van der Waals surface area contributed by atoms with Crippen LogP contribution in [-0.4, -0.2) is 50.3 Å². The molecule has 7 nitrogen and oxygen atoms in total. The third-order valence-electron chi connectivity index (χ3n) is 6.41. The average molecular weight is 467 g/mol. The number of anilines is 2. The molecular formula is C21H22F5N7. The van der Waals surface area contributed by atoms with E-state index in [-0.39, 0.29) is 6.04 Å². The lowest BCUT2D eigenvalue weighted by atomic mass is 9.79. The molecule has 1 saturated heterocycles. The highest BCUT2D eigenvalue weighted by Crippen LogP contribution is 2.39. The van der Waals surface area contributed by atoms with Crippen LogP contribution < -0.4 is 10.2 Å². The first kappa shape index (κ1) is 21.8. The van der Waals surface area contributed by atoms with E-state index in [0.29, 0.717) is 47.7 Å². The van der Waals surface area contributed by atoms with Crippen LogP contribution in [0.25, 0.3) is 11.2 Å². The molecule has 1 N–H and O–H groups in total. The van der Waals surface area contributed by atoms with E-state index in [4.69, 9.17) is 0 Å². The number of pyridine rings is 1. The van der Waals surface area contributed by atoms with Gasteiger partial charge in [0.2, 0.25) is 0 Å². The Morgan fingerprint density at radius 2 is 1.88 bits per heavy atom. The number of nitrogens with one attached hydrogen (secondary N) is 1. The largest absolute Gasteiger partial charge is 0.433 e. The number of nitrogens with zero attached hydrogens (tertiary/aromatic N) is 6. The van der Waals surface area contributed by atoms with Crippen molar-refractivity contribution >= 4 is 22.8 Å². The lowest BCUT2D eigenvalue weighted by Gasteiger charge is -2.31. The SMILES string of the molecule is FC(F)Cn1ncc2ncc(NC3CCC4CN(c5cccc(C(F)(F)F)n5)CC4C3)nc21. The molecule has 1 saturated carbocycles. The van der Waals surface area contributed by atoms with Crippen LogP contribution in [0.2, 0.25) is 0 Å². The van der Waals surface area contributed by atoms with E-state index in [0.717, 1.165) is 30.0 Å². The molecule has 2 fully saturated rings. The number of hydrogen-bond donors (Lipinski definition) is 1. The van der Waals surface area contributed by atoms with Crippen molar-refractivity contribution in [3.05, 3.63) is 36.3 Å². The van der Waals surface area contributed by atoms with Gasteiger partial charge in [0, 0.05) is 19.1 Å². The summed E-state index contributed by atoms with van der Waals surface area (Å²) in [4.78, 5) is 14.4. The van der Waals surface area contributed by atoms with Crippen molar-refractivity contribution < 1.29 is 22.0 Å². The summed E-state index contributed by atoms with van der Waals surface area (Å²) in [6.45, 7) is 0.779. The standard InChI is InChI=1S/C21H22F5N7/c22-17(23)11-33-20-15(7-28-33)27-8-18(31-20)29-14-5-4-12-9-32(10-13(12)6-14)19-3-1-2-16(30-19)21(24,25)26/h1-3,7-8,12-14,17H,4-6,9-11H2,(H,29,31). The summed E-state index contributed by atoms with van der Waals surface area (Å²) in [6, 6.07) is 4.11. The summed E-state index contributed by atoms with van der Waals surface area (Å²) in [5.41, 5.74) is -0.129. The quantitative estimate of drug-likeness (QED) is 0.567. The van der Waals surface area contributed by atoms with Crippen molar-refractivity contribution in [1.29, 1.82) is 0 Å². The number of hydrogen-bond acceptors (Lipinski definition) is 6. The molecule has 0 bridgehead atoms. The smallest absolute Gasteiger partial charge is 0.366 e. The second-order valence-electron chi connectivity index (χ2n) is 8.64. The van der Waals surface area contributed by atoms with Crippen LogP contribution in [0.5, 0.6) is 0 Å². The van der Waals surface area contributed by atoms with Gasteiger partial charge >= 0.3 is 6.18 Å². The van der Waals surface area contributed by atoms with Crippen LogP contribution in [0.15, 0.2) is 30.6 Å². The maximum Gasteiger partial charge on any atom is 0.433 e. The monoisotopic (exact) mass is 467 g/mol. The number of alkyl halides is 5. The first-order valence-corrected chi connectivity index (χ1v) is 10.8. The predicted octanol–water partition coefficient (Wildman–Crippen LogP) is 4.22. The molecule has 2 aliphatic rings. The summed E-state index contributed by atoms with van der Waals surface area (Å²) in [5.74, 6) is 1.55. The zero-order valence-electron chi connectivity index (χ0n) is 17.5. The molecule has 3 unspecified atom stereocenters. The zero-order valence-corrected chi connectivity index (χ0v) is 17.5. The van der Waals surface area contributed by atoms with Gasteiger partial charge in [0.15, 0.2) is 5.65 Å². The molecule has 33 heavy (non-hydrogen) atoms. The van der Waals surface area contributed by atoms with E-state index < -0.39 is 24.8 Å². The molecule has 176 valence electrons. The van der Waals surface area contributed by atoms with Gasteiger partial charge in [-0.25, -0.2) is 28.4 Å². The van der Waals surface area contributed by atoms with E-state index in [1.165, 1.54) is 12.3 Å². The van der Waals surface area contributed by atoms with Gasteiger partial charge in [-0.05, 0) is 43.2 Å². The summed E-state index contributed by atoms with van der Waals surface area (Å²) in [7, 11) is 0. The molecule has 3 atom stereocenters. The van der Waals surface area contributed by atoms with Gasteiger partial charge in [-0.3, -0.25) is 0 Å². The summed E-state index contributed by atoms with van der Waals surface area (Å²) < 4.78 is 65.8. The minimum absolute atomic E-state index is 0.110. The Labute approximate surface area is 186 Å². The predicted molar refractivity (Wildman–Crippen MR) is 111 cm³/mol. The van der Waals surface area contributed by atoms with E-state index in [1.54, 1.807) is 12.3 Å². The molecular weight excluding hydrogens is 445 g/mol. The minimum atomic E-state index is -4.47. The van der Waals surface area contributed by atoms with Crippen LogP contribution in [0.3, 0.4) is 0 Å². The Bertz CT molecular complexity index is 1130. The first-order chi connectivity index (χ1) is 15.8. The van der Waals surface area contributed by atoms with Gasteiger partial charge in [-0.1, -0.05) is 6.07 Å². The topological polar surface area (TPSA) is 71.8 Å². The molecule has 4 heterocycles. The van der Waals surface area contributed by atoms with Crippen LogP contribution in [0.1, 0.15) is 25.0 Å². The van der Waals surface area contributed by atoms with Crippen LogP contribution >= 0.6 is 0 Å². The van der Waals surface area contributed by atoms with Crippen molar-refractivity contribution in [2.75, 3.05) is 23.3 Å². The highest BCUT2D eigenvalue weighted by atomic mass is 19.4. The second kappa shape index (κ2) is 8.38. The molecule has 1 aliphatic heterocycles. The lowest BCUT2D eigenvalue weighted by Crippen LogP contribution is -2.32. The molecule has 12 heteroatoms. The van der Waals surface area contributed by atoms with E-state index >= 15 is 0 Å². The van der Waals surface area contributed by atoms with Crippen molar-refractivity contribution in [3.63, 3.8) is 0 Å². The van der Waals surface area contributed by atoms with Crippen molar-refractivity contribution in [3.8, 4) is 0 Å². The highest BCUT2D eigenvalue weighted by molar-refractivity contribution is 5.71. The summed E-state index contributed by atoms with van der Waals surface area (Å²) in [6.07, 6.45) is -1.40. The van der Waals surface area contributed by atoms with E-state index in [2.05, 4.69) is 25.4 Å². The van der Waals surface area contributed by atoms with Crippen LogP contribution in [-0.2, 0) is 12.7 Å². The van der Waals surface area contributed by atoms with Crippen molar-refractivity contribution in [2.45, 2.75) is 44.5 Å². The van der Waals surface area contributed by atoms with Crippen molar-refractivity contribution in [2.24, 2.45) is 11.8 Å². The molecule has 0 spiro atoms. The lowest BCUT2D eigenvalue weighted by molar-refractivity contribution is -0.141. The normalized spacial score (nSPS) is 23.3. The fraction of sp³-hybridized carbons (Fsp3) is 0.524. The molecule has 0 aromatic carbocycles. The molecule has 5 rings (SSSR count). The van der Waals surface area contributed by atoms with Gasteiger partial charge in [-0.15, -0.1) is 0 Å². The fourth-order valence-electron chi connectivity index (χ4n) is 4.90. The Balaban J connectivity index is 1.25. The Kier molecular flexibility index (Phi) is 5.53.